The average molecular weight is 379 g/mol. The first-order chi connectivity index (χ1) is 12.2. The molecule has 0 N–H and O–H groups in total. The zero-order valence-corrected chi connectivity index (χ0v) is 15.9. The minimum atomic E-state index is -0.00264. The zero-order valence-electron chi connectivity index (χ0n) is 14.3. The van der Waals surface area contributed by atoms with Gasteiger partial charge in [0.2, 0.25) is 0 Å². The van der Waals surface area contributed by atoms with Crippen LogP contribution in [-0.4, -0.2) is 66.0 Å². The van der Waals surface area contributed by atoms with Gasteiger partial charge in [-0.1, -0.05) is 36.1 Å². The van der Waals surface area contributed by atoms with Gasteiger partial charge in [-0.2, -0.15) is 0 Å². The maximum Gasteiger partial charge on any atom is 0.266 e. The first kappa shape index (κ1) is 18.4. The third-order valence-electron chi connectivity index (χ3n) is 4.11. The minimum absolute atomic E-state index is 0.00264. The standard InChI is InChI=1S/C18H22N2O3S2/c1-2-23-15-5-3-14(4-6-15)13-16-17(21)20(18(24)25-16)8-7-19-9-11-22-12-10-19/h3-6,13H,2,7-12H2,1H3/b16-13-. The fourth-order valence-corrected chi connectivity index (χ4v) is 4.05. The molecule has 25 heavy (non-hydrogen) atoms. The van der Waals surface area contributed by atoms with Crippen molar-refractivity contribution >= 4 is 40.3 Å². The molecule has 134 valence electrons. The number of nitrogens with zero attached hydrogens (tertiary/aromatic N) is 2. The number of hydrogen-bond donors (Lipinski definition) is 0. The zero-order chi connectivity index (χ0) is 17.6. The highest BCUT2D eigenvalue weighted by molar-refractivity contribution is 8.26. The van der Waals surface area contributed by atoms with Crippen molar-refractivity contribution in [1.82, 2.24) is 9.80 Å². The lowest BCUT2D eigenvalue weighted by Crippen LogP contribution is -2.42. The van der Waals surface area contributed by atoms with Crippen molar-refractivity contribution in [2.24, 2.45) is 0 Å². The van der Waals surface area contributed by atoms with E-state index in [0.717, 1.165) is 44.2 Å². The molecule has 5 nitrogen and oxygen atoms in total. The van der Waals surface area contributed by atoms with Crippen LogP contribution in [0.5, 0.6) is 5.75 Å². The van der Waals surface area contributed by atoms with Crippen LogP contribution in [0.1, 0.15) is 12.5 Å². The fraction of sp³-hybridized carbons (Fsp3) is 0.444. The van der Waals surface area contributed by atoms with E-state index in [0.29, 0.717) is 22.4 Å². The Morgan fingerprint density at radius 1 is 1.24 bits per heavy atom. The number of carbonyl (C=O) groups excluding carboxylic acids is 1. The summed E-state index contributed by atoms with van der Waals surface area (Å²) >= 11 is 6.77. The van der Waals surface area contributed by atoms with Crippen molar-refractivity contribution in [1.29, 1.82) is 0 Å². The van der Waals surface area contributed by atoms with Gasteiger partial charge in [0.05, 0.1) is 24.7 Å². The normalized spacial score (nSPS) is 20.5. The van der Waals surface area contributed by atoms with Crippen molar-refractivity contribution in [2.75, 3.05) is 46.0 Å². The summed E-state index contributed by atoms with van der Waals surface area (Å²) in [4.78, 5) is 17.3. The molecule has 0 bridgehead atoms. The van der Waals surface area contributed by atoms with Crippen molar-refractivity contribution in [2.45, 2.75) is 6.92 Å². The van der Waals surface area contributed by atoms with E-state index in [2.05, 4.69) is 4.90 Å². The molecule has 3 rings (SSSR count). The maximum absolute atomic E-state index is 12.6. The summed E-state index contributed by atoms with van der Waals surface area (Å²) in [5.41, 5.74) is 0.970. The van der Waals surface area contributed by atoms with E-state index < -0.39 is 0 Å². The molecule has 2 saturated heterocycles. The molecule has 0 aliphatic carbocycles. The molecule has 1 amide bonds. The van der Waals surface area contributed by atoms with Crippen LogP contribution in [0, 0.1) is 0 Å². The Hall–Kier alpha value is -1.41. The van der Waals surface area contributed by atoms with E-state index in [9.17, 15) is 4.79 Å². The van der Waals surface area contributed by atoms with Gasteiger partial charge in [-0.3, -0.25) is 14.6 Å². The number of ether oxygens (including phenoxy) is 2. The first-order valence-corrected chi connectivity index (χ1v) is 9.68. The largest absolute Gasteiger partial charge is 0.494 e. The highest BCUT2D eigenvalue weighted by atomic mass is 32.2. The monoisotopic (exact) mass is 378 g/mol. The summed E-state index contributed by atoms with van der Waals surface area (Å²) in [7, 11) is 0. The molecule has 0 saturated carbocycles. The van der Waals surface area contributed by atoms with Gasteiger partial charge in [0.1, 0.15) is 10.1 Å². The molecule has 0 unspecified atom stereocenters. The molecule has 7 heteroatoms. The van der Waals surface area contributed by atoms with Crippen LogP contribution >= 0.6 is 24.0 Å². The van der Waals surface area contributed by atoms with Gasteiger partial charge in [-0.05, 0) is 30.7 Å². The van der Waals surface area contributed by atoms with E-state index in [1.54, 1.807) is 4.90 Å². The molecular weight excluding hydrogens is 356 g/mol. The molecule has 0 aromatic heterocycles. The Kier molecular flexibility index (Phi) is 6.47. The maximum atomic E-state index is 12.6. The molecular formula is C18H22N2O3S2. The highest BCUT2D eigenvalue weighted by Crippen LogP contribution is 2.32. The second-order valence-electron chi connectivity index (χ2n) is 5.79. The SMILES string of the molecule is CCOc1ccc(/C=C2\SC(=S)N(CCN3CCOCC3)C2=O)cc1. The van der Waals surface area contributed by atoms with E-state index in [1.165, 1.54) is 11.8 Å². The smallest absolute Gasteiger partial charge is 0.266 e. The van der Waals surface area contributed by atoms with E-state index in [1.807, 2.05) is 37.3 Å². The predicted octanol–water partition coefficient (Wildman–Crippen LogP) is 2.62. The molecule has 1 aromatic carbocycles. The molecule has 0 atom stereocenters. The van der Waals surface area contributed by atoms with Crippen molar-refractivity contribution < 1.29 is 14.3 Å². The summed E-state index contributed by atoms with van der Waals surface area (Å²) in [5, 5.41) is 0. The van der Waals surface area contributed by atoms with Crippen LogP contribution in [-0.2, 0) is 9.53 Å². The van der Waals surface area contributed by atoms with Crippen molar-refractivity contribution in [3.63, 3.8) is 0 Å². The predicted molar refractivity (Wildman–Crippen MR) is 105 cm³/mol. The van der Waals surface area contributed by atoms with Gasteiger partial charge < -0.3 is 9.47 Å². The summed E-state index contributed by atoms with van der Waals surface area (Å²) in [6.07, 6.45) is 1.89. The van der Waals surface area contributed by atoms with Crippen LogP contribution in [0.3, 0.4) is 0 Å². The summed E-state index contributed by atoms with van der Waals surface area (Å²) < 4.78 is 11.4. The first-order valence-electron chi connectivity index (χ1n) is 8.45. The van der Waals surface area contributed by atoms with Gasteiger partial charge in [0, 0.05) is 26.2 Å². The lowest BCUT2D eigenvalue weighted by molar-refractivity contribution is -0.122. The topological polar surface area (TPSA) is 42.0 Å². The third kappa shape index (κ3) is 4.82. The highest BCUT2D eigenvalue weighted by Gasteiger charge is 2.32. The molecule has 1 aromatic rings. The van der Waals surface area contributed by atoms with Gasteiger partial charge in [0.15, 0.2) is 0 Å². The molecule has 0 radical (unpaired) electrons. The molecule has 2 aliphatic rings. The third-order valence-corrected chi connectivity index (χ3v) is 5.48. The Morgan fingerprint density at radius 3 is 2.64 bits per heavy atom. The number of morpholine rings is 1. The van der Waals surface area contributed by atoms with Gasteiger partial charge in [-0.15, -0.1) is 0 Å². The number of hydrogen-bond acceptors (Lipinski definition) is 6. The minimum Gasteiger partial charge on any atom is -0.494 e. The Bertz CT molecular complexity index is 655. The quantitative estimate of drug-likeness (QED) is 0.560. The number of thioether (sulfide) groups is 1. The number of rotatable bonds is 6. The molecule has 0 spiro atoms. The van der Waals surface area contributed by atoms with E-state index in [-0.39, 0.29) is 5.91 Å². The van der Waals surface area contributed by atoms with Crippen molar-refractivity contribution in [3.8, 4) is 5.75 Å². The van der Waals surface area contributed by atoms with Crippen molar-refractivity contribution in [3.05, 3.63) is 34.7 Å². The van der Waals surface area contributed by atoms with Crippen LogP contribution in [0.15, 0.2) is 29.2 Å². The van der Waals surface area contributed by atoms with E-state index in [4.69, 9.17) is 21.7 Å². The van der Waals surface area contributed by atoms with Gasteiger partial charge in [0.25, 0.3) is 5.91 Å². The Morgan fingerprint density at radius 2 is 1.96 bits per heavy atom. The Labute approximate surface area is 157 Å². The van der Waals surface area contributed by atoms with Gasteiger partial charge in [-0.25, -0.2) is 0 Å². The lowest BCUT2D eigenvalue weighted by Gasteiger charge is -2.28. The number of thiocarbonyl (C=S) groups is 1. The van der Waals surface area contributed by atoms with Crippen LogP contribution in [0.2, 0.25) is 0 Å². The Balaban J connectivity index is 1.61. The second-order valence-corrected chi connectivity index (χ2v) is 7.47. The van der Waals surface area contributed by atoms with Crippen LogP contribution in [0.4, 0.5) is 0 Å². The summed E-state index contributed by atoms with van der Waals surface area (Å²) in [6.45, 7) is 7.40. The number of benzene rings is 1. The van der Waals surface area contributed by atoms with Crippen LogP contribution < -0.4 is 4.74 Å². The van der Waals surface area contributed by atoms with E-state index >= 15 is 0 Å². The fourth-order valence-electron chi connectivity index (χ4n) is 2.74. The van der Waals surface area contributed by atoms with Crippen LogP contribution in [0.25, 0.3) is 6.08 Å². The summed E-state index contributed by atoms with van der Waals surface area (Å²) in [6, 6.07) is 7.72. The van der Waals surface area contributed by atoms with Gasteiger partial charge >= 0.3 is 0 Å². The number of carbonyl (C=O) groups is 1. The lowest BCUT2D eigenvalue weighted by atomic mass is 10.2. The molecule has 2 fully saturated rings. The number of amides is 1. The molecule has 2 heterocycles. The summed E-state index contributed by atoms with van der Waals surface area (Å²) in [5.74, 6) is 0.829. The average Bonchev–Trinajstić information content (AvgIpc) is 2.89. The molecule has 2 aliphatic heterocycles. The second kappa shape index (κ2) is 8.80.